The van der Waals surface area contributed by atoms with E-state index in [4.69, 9.17) is 50.5 Å². The van der Waals surface area contributed by atoms with Gasteiger partial charge in [-0.05, 0) is 6.42 Å². The summed E-state index contributed by atoms with van der Waals surface area (Å²) in [6.45, 7) is -0.379. The SMILES string of the molecule is NC1C=CCC1ON(CC(Cl)(Cl)Cl)C(=O)O. The Hall–Kier alpha value is -0.200. The van der Waals surface area contributed by atoms with E-state index in [0.717, 1.165) is 0 Å². The predicted octanol–water partition coefficient (Wildman–Crippen LogP) is 1.92. The number of carbonyl (C=O) groups is 1. The largest absolute Gasteiger partial charge is 0.463 e. The molecule has 16 heavy (non-hydrogen) atoms. The maximum Gasteiger partial charge on any atom is 0.431 e. The van der Waals surface area contributed by atoms with Gasteiger partial charge in [0.1, 0.15) is 6.10 Å². The monoisotopic (exact) mass is 288 g/mol. The minimum absolute atomic E-state index is 0.350. The molecule has 0 aliphatic heterocycles. The molecule has 92 valence electrons. The lowest BCUT2D eigenvalue weighted by atomic mass is 10.2. The molecule has 8 heteroatoms. The van der Waals surface area contributed by atoms with Crippen LogP contribution in [0.1, 0.15) is 6.42 Å². The minimum atomic E-state index is -1.73. The smallest absolute Gasteiger partial charge is 0.431 e. The average molecular weight is 290 g/mol. The number of carboxylic acid groups (broad SMARTS) is 1. The van der Waals surface area contributed by atoms with Crippen molar-refractivity contribution in [3.05, 3.63) is 12.2 Å². The van der Waals surface area contributed by atoms with E-state index in [2.05, 4.69) is 0 Å². The number of amides is 1. The molecule has 1 amide bonds. The highest BCUT2D eigenvalue weighted by Crippen LogP contribution is 2.28. The molecule has 1 rings (SSSR count). The van der Waals surface area contributed by atoms with Crippen LogP contribution in [0.15, 0.2) is 12.2 Å². The van der Waals surface area contributed by atoms with Crippen LogP contribution < -0.4 is 5.73 Å². The van der Waals surface area contributed by atoms with E-state index in [1.807, 2.05) is 6.08 Å². The van der Waals surface area contributed by atoms with Gasteiger partial charge in [-0.25, -0.2) is 4.79 Å². The molecule has 0 fully saturated rings. The van der Waals surface area contributed by atoms with Crippen molar-refractivity contribution < 1.29 is 14.7 Å². The molecule has 5 nitrogen and oxygen atoms in total. The number of alkyl halides is 3. The summed E-state index contributed by atoms with van der Waals surface area (Å²) in [5, 5.41) is 9.43. The molecule has 0 radical (unpaired) electrons. The van der Waals surface area contributed by atoms with Crippen LogP contribution in [0.5, 0.6) is 0 Å². The van der Waals surface area contributed by atoms with Gasteiger partial charge in [-0.3, -0.25) is 4.84 Å². The third-order valence-corrected chi connectivity index (χ3v) is 2.31. The molecule has 0 saturated heterocycles. The highest BCUT2D eigenvalue weighted by atomic mass is 35.6. The Labute approximate surface area is 108 Å². The second kappa shape index (κ2) is 5.42. The van der Waals surface area contributed by atoms with E-state index in [9.17, 15) is 4.79 Å². The lowest BCUT2D eigenvalue weighted by molar-refractivity contribution is -0.169. The van der Waals surface area contributed by atoms with Crippen molar-refractivity contribution >= 4 is 40.9 Å². The normalized spacial score (nSPS) is 24.8. The van der Waals surface area contributed by atoms with Crippen LogP contribution in [0.4, 0.5) is 4.79 Å². The average Bonchev–Trinajstić information content (AvgIpc) is 2.48. The number of nitrogens with two attached hydrogens (primary N) is 1. The number of hydroxylamine groups is 2. The fraction of sp³-hybridized carbons (Fsp3) is 0.625. The van der Waals surface area contributed by atoms with Gasteiger partial charge in [-0.15, -0.1) is 0 Å². The first-order valence-electron chi connectivity index (χ1n) is 4.46. The Morgan fingerprint density at radius 3 is 2.62 bits per heavy atom. The molecule has 1 aliphatic carbocycles. The summed E-state index contributed by atoms with van der Waals surface area (Å²) < 4.78 is -1.73. The van der Waals surface area contributed by atoms with Crippen LogP contribution in [0.2, 0.25) is 0 Å². The van der Waals surface area contributed by atoms with E-state index in [1.165, 1.54) is 0 Å². The van der Waals surface area contributed by atoms with E-state index < -0.39 is 16.0 Å². The van der Waals surface area contributed by atoms with E-state index in [0.29, 0.717) is 11.5 Å². The zero-order chi connectivity index (χ0) is 12.3. The van der Waals surface area contributed by atoms with Crippen LogP contribution in [0, 0.1) is 0 Å². The number of rotatable bonds is 3. The maximum absolute atomic E-state index is 10.8. The number of nitrogens with zero attached hydrogens (tertiary/aromatic N) is 1. The topological polar surface area (TPSA) is 75.8 Å². The van der Waals surface area contributed by atoms with Crippen molar-refractivity contribution in [1.82, 2.24) is 5.06 Å². The van der Waals surface area contributed by atoms with Crippen LogP contribution in [-0.2, 0) is 4.84 Å². The Morgan fingerprint density at radius 1 is 1.62 bits per heavy atom. The van der Waals surface area contributed by atoms with E-state index >= 15 is 0 Å². The summed E-state index contributed by atoms with van der Waals surface area (Å²) in [4.78, 5) is 16.0. The first-order valence-corrected chi connectivity index (χ1v) is 5.59. The van der Waals surface area contributed by atoms with Crippen molar-refractivity contribution in [2.75, 3.05) is 6.54 Å². The van der Waals surface area contributed by atoms with E-state index in [-0.39, 0.29) is 12.6 Å². The molecule has 1 aliphatic rings. The summed E-state index contributed by atoms with van der Waals surface area (Å²) in [7, 11) is 0. The lowest BCUT2D eigenvalue weighted by Gasteiger charge is -2.27. The molecule has 0 heterocycles. The summed E-state index contributed by atoms with van der Waals surface area (Å²) in [6, 6.07) is -0.350. The van der Waals surface area contributed by atoms with Gasteiger partial charge in [-0.1, -0.05) is 47.0 Å². The van der Waals surface area contributed by atoms with Crippen molar-refractivity contribution in [2.24, 2.45) is 5.73 Å². The second-order valence-electron chi connectivity index (χ2n) is 3.32. The van der Waals surface area contributed by atoms with Gasteiger partial charge in [0.2, 0.25) is 3.79 Å². The molecule has 0 saturated carbocycles. The van der Waals surface area contributed by atoms with Crippen molar-refractivity contribution in [2.45, 2.75) is 22.4 Å². The van der Waals surface area contributed by atoms with E-state index in [1.54, 1.807) is 6.08 Å². The summed E-state index contributed by atoms with van der Waals surface area (Å²) in [6.07, 6.45) is 2.31. The van der Waals surface area contributed by atoms with Gasteiger partial charge in [0, 0.05) is 0 Å². The Bertz CT molecular complexity index is 293. The standard InChI is InChI=1S/C8H11Cl3N2O3/c9-8(10,11)4-13(7(14)15)16-6-3-1-2-5(6)12/h1-2,5-6H,3-4,12H2,(H,14,15). The highest BCUT2D eigenvalue weighted by Gasteiger charge is 2.31. The molecule has 0 spiro atoms. The van der Waals surface area contributed by atoms with Crippen molar-refractivity contribution in [1.29, 1.82) is 0 Å². The Morgan fingerprint density at radius 2 is 2.25 bits per heavy atom. The third kappa shape index (κ3) is 4.35. The highest BCUT2D eigenvalue weighted by molar-refractivity contribution is 6.67. The molecule has 0 bridgehead atoms. The van der Waals surface area contributed by atoms with Gasteiger partial charge in [0.25, 0.3) is 0 Å². The lowest BCUT2D eigenvalue weighted by Crippen LogP contribution is -2.43. The van der Waals surface area contributed by atoms with Crippen LogP contribution in [0.25, 0.3) is 0 Å². The van der Waals surface area contributed by atoms with Gasteiger partial charge in [-0.2, -0.15) is 5.06 Å². The van der Waals surface area contributed by atoms with Crippen LogP contribution >= 0.6 is 34.8 Å². The third-order valence-electron chi connectivity index (χ3n) is 1.95. The second-order valence-corrected chi connectivity index (χ2v) is 5.84. The fourth-order valence-electron chi connectivity index (χ4n) is 1.24. The maximum atomic E-state index is 10.8. The Balaban J connectivity index is 2.55. The van der Waals surface area contributed by atoms with Crippen LogP contribution in [-0.4, -0.2) is 38.7 Å². The minimum Gasteiger partial charge on any atom is -0.463 e. The number of hydrogen-bond donors (Lipinski definition) is 2. The number of halogens is 3. The summed E-state index contributed by atoms with van der Waals surface area (Å²) >= 11 is 16.5. The molecular formula is C8H11Cl3N2O3. The molecule has 0 aromatic heterocycles. The predicted molar refractivity (Wildman–Crippen MR) is 61.6 cm³/mol. The van der Waals surface area contributed by atoms with Crippen molar-refractivity contribution in [3.8, 4) is 0 Å². The summed E-state index contributed by atoms with van der Waals surface area (Å²) in [5.74, 6) is 0. The van der Waals surface area contributed by atoms with Crippen LogP contribution in [0.3, 0.4) is 0 Å². The molecular weight excluding hydrogens is 278 g/mol. The molecule has 0 aromatic carbocycles. The van der Waals surface area contributed by atoms with Gasteiger partial charge in [0.05, 0.1) is 12.6 Å². The Kier molecular flexibility index (Phi) is 4.70. The molecule has 2 unspecified atom stereocenters. The summed E-state index contributed by atoms with van der Waals surface area (Å²) in [5.41, 5.74) is 5.66. The van der Waals surface area contributed by atoms with Crippen molar-refractivity contribution in [3.63, 3.8) is 0 Å². The quantitative estimate of drug-likeness (QED) is 0.473. The zero-order valence-electron chi connectivity index (χ0n) is 8.15. The van der Waals surface area contributed by atoms with Gasteiger partial charge in [0.15, 0.2) is 0 Å². The molecule has 3 N–H and O–H groups in total. The van der Waals surface area contributed by atoms with Gasteiger partial charge >= 0.3 is 6.09 Å². The van der Waals surface area contributed by atoms with Gasteiger partial charge < -0.3 is 10.8 Å². The fourth-order valence-corrected chi connectivity index (χ4v) is 1.57. The zero-order valence-corrected chi connectivity index (χ0v) is 10.4. The molecule has 0 aromatic rings. The number of hydrogen-bond acceptors (Lipinski definition) is 3. The first kappa shape index (κ1) is 13.9. The first-order chi connectivity index (χ1) is 7.29. The molecule has 2 atom stereocenters.